The van der Waals surface area contributed by atoms with Crippen molar-refractivity contribution in [1.82, 2.24) is 4.98 Å². The number of ether oxygens (including phenoxy) is 1. The third-order valence-electron chi connectivity index (χ3n) is 3.83. The summed E-state index contributed by atoms with van der Waals surface area (Å²) in [6, 6.07) is 2.50. The van der Waals surface area contributed by atoms with Crippen LogP contribution >= 0.6 is 12.4 Å². The predicted octanol–water partition coefficient (Wildman–Crippen LogP) is 2.75. The quantitative estimate of drug-likeness (QED) is 0.729. The van der Waals surface area contributed by atoms with Crippen molar-refractivity contribution in [2.24, 2.45) is 0 Å². The van der Waals surface area contributed by atoms with E-state index in [0.717, 1.165) is 11.6 Å². The lowest BCUT2D eigenvalue weighted by Crippen LogP contribution is -2.03. The van der Waals surface area contributed by atoms with Crippen LogP contribution in [0.3, 0.4) is 0 Å². The van der Waals surface area contributed by atoms with Crippen LogP contribution in [0, 0.1) is 6.92 Å². The first-order valence-electron chi connectivity index (χ1n) is 6.76. The van der Waals surface area contributed by atoms with Crippen molar-refractivity contribution in [3.05, 3.63) is 46.3 Å². The SMILES string of the molecule is CC(=O)c1cc(C2OCc3cnc(C)c(O)c32)c(O)cc1O.Cl. The van der Waals surface area contributed by atoms with Gasteiger partial charge in [0.1, 0.15) is 23.4 Å². The topological polar surface area (TPSA) is 99.9 Å². The summed E-state index contributed by atoms with van der Waals surface area (Å²) < 4.78 is 5.65. The van der Waals surface area contributed by atoms with Crippen molar-refractivity contribution in [3.63, 3.8) is 0 Å². The summed E-state index contributed by atoms with van der Waals surface area (Å²) in [6.45, 7) is 3.24. The zero-order valence-electron chi connectivity index (χ0n) is 12.5. The predicted molar refractivity (Wildman–Crippen MR) is 84.3 cm³/mol. The Hall–Kier alpha value is -2.31. The fourth-order valence-electron chi connectivity index (χ4n) is 2.65. The molecule has 1 atom stereocenters. The van der Waals surface area contributed by atoms with E-state index in [2.05, 4.69) is 4.98 Å². The normalized spacial score (nSPS) is 15.8. The maximum atomic E-state index is 11.6. The third-order valence-corrected chi connectivity index (χ3v) is 3.83. The Morgan fingerprint density at radius 2 is 1.96 bits per heavy atom. The Labute approximate surface area is 138 Å². The van der Waals surface area contributed by atoms with Crippen LogP contribution in [0.4, 0.5) is 0 Å². The molecular weight excluding hydrogens is 322 g/mol. The van der Waals surface area contributed by atoms with E-state index in [-0.39, 0.29) is 47.6 Å². The molecule has 23 heavy (non-hydrogen) atoms. The summed E-state index contributed by atoms with van der Waals surface area (Å²) >= 11 is 0. The van der Waals surface area contributed by atoms with Gasteiger partial charge in [-0.25, -0.2) is 0 Å². The molecule has 7 heteroatoms. The number of phenolic OH excluding ortho intramolecular Hbond substituents is 2. The number of phenols is 2. The molecule has 1 aliphatic heterocycles. The number of aromatic nitrogens is 1. The largest absolute Gasteiger partial charge is 0.507 e. The number of hydrogen-bond donors (Lipinski definition) is 3. The molecule has 0 aliphatic carbocycles. The second-order valence-electron chi connectivity index (χ2n) is 5.31. The number of fused-ring (bicyclic) bond motifs is 1. The average molecular weight is 338 g/mol. The van der Waals surface area contributed by atoms with E-state index in [0.29, 0.717) is 16.8 Å². The maximum absolute atomic E-state index is 11.6. The zero-order valence-corrected chi connectivity index (χ0v) is 13.3. The van der Waals surface area contributed by atoms with Gasteiger partial charge in [-0.3, -0.25) is 9.78 Å². The molecule has 2 aromatic rings. The van der Waals surface area contributed by atoms with Crippen LogP contribution in [-0.2, 0) is 11.3 Å². The highest BCUT2D eigenvalue weighted by Gasteiger charge is 2.32. The Balaban J connectivity index is 0.00000192. The first kappa shape index (κ1) is 17.1. The number of carbonyl (C=O) groups is 1. The second-order valence-corrected chi connectivity index (χ2v) is 5.31. The van der Waals surface area contributed by atoms with Crippen molar-refractivity contribution < 1.29 is 24.9 Å². The molecule has 1 aromatic carbocycles. The highest BCUT2D eigenvalue weighted by atomic mass is 35.5. The minimum absolute atomic E-state index is 0. The van der Waals surface area contributed by atoms with Gasteiger partial charge in [-0.15, -0.1) is 12.4 Å². The van der Waals surface area contributed by atoms with Gasteiger partial charge in [-0.2, -0.15) is 0 Å². The zero-order chi connectivity index (χ0) is 16.0. The molecule has 1 unspecified atom stereocenters. The van der Waals surface area contributed by atoms with Gasteiger partial charge in [-0.1, -0.05) is 0 Å². The molecule has 0 spiro atoms. The summed E-state index contributed by atoms with van der Waals surface area (Å²) in [5.41, 5.74) is 2.13. The molecule has 1 aliphatic rings. The molecule has 0 saturated heterocycles. The number of carbonyl (C=O) groups excluding carboxylic acids is 1. The van der Waals surface area contributed by atoms with Gasteiger partial charge in [0.25, 0.3) is 0 Å². The Morgan fingerprint density at radius 3 is 2.61 bits per heavy atom. The molecule has 0 radical (unpaired) electrons. The highest BCUT2D eigenvalue weighted by Crippen LogP contribution is 2.45. The van der Waals surface area contributed by atoms with Gasteiger partial charge in [0.15, 0.2) is 5.78 Å². The van der Waals surface area contributed by atoms with Crippen LogP contribution in [0.5, 0.6) is 17.2 Å². The lowest BCUT2D eigenvalue weighted by molar-refractivity contribution is 0.0908. The molecule has 6 nitrogen and oxygen atoms in total. The Kier molecular flexibility index (Phi) is 4.49. The fraction of sp³-hybridized carbons (Fsp3) is 0.250. The van der Waals surface area contributed by atoms with Crippen LogP contribution in [-0.4, -0.2) is 26.1 Å². The minimum Gasteiger partial charge on any atom is -0.507 e. The van der Waals surface area contributed by atoms with Crippen LogP contribution in [0.15, 0.2) is 18.3 Å². The Morgan fingerprint density at radius 1 is 1.26 bits per heavy atom. The van der Waals surface area contributed by atoms with Gasteiger partial charge in [-0.05, 0) is 19.9 Å². The highest BCUT2D eigenvalue weighted by molar-refractivity contribution is 5.97. The number of ketones is 1. The molecule has 3 N–H and O–H groups in total. The van der Waals surface area contributed by atoms with E-state index in [4.69, 9.17) is 4.74 Å². The van der Waals surface area contributed by atoms with E-state index in [1.165, 1.54) is 13.0 Å². The first-order chi connectivity index (χ1) is 10.4. The first-order valence-corrected chi connectivity index (χ1v) is 6.76. The van der Waals surface area contributed by atoms with Crippen molar-refractivity contribution in [2.45, 2.75) is 26.6 Å². The monoisotopic (exact) mass is 337 g/mol. The second kappa shape index (κ2) is 6.06. The van der Waals surface area contributed by atoms with E-state index >= 15 is 0 Å². The number of aromatic hydroxyl groups is 3. The molecule has 0 amide bonds. The molecule has 0 bridgehead atoms. The maximum Gasteiger partial charge on any atom is 0.163 e. The average Bonchev–Trinajstić information content (AvgIpc) is 2.87. The van der Waals surface area contributed by atoms with Crippen LogP contribution in [0.2, 0.25) is 0 Å². The van der Waals surface area contributed by atoms with E-state index in [1.807, 2.05) is 0 Å². The number of pyridine rings is 1. The van der Waals surface area contributed by atoms with E-state index in [1.54, 1.807) is 13.1 Å². The van der Waals surface area contributed by atoms with Gasteiger partial charge >= 0.3 is 0 Å². The number of hydrogen-bond acceptors (Lipinski definition) is 6. The number of nitrogens with zero attached hydrogens (tertiary/aromatic N) is 1. The number of Topliss-reactive ketones (excluding diaryl/α,β-unsaturated/α-hetero) is 1. The summed E-state index contributed by atoms with van der Waals surface area (Å²) in [5, 5.41) is 30.1. The van der Waals surface area contributed by atoms with Crippen molar-refractivity contribution in [3.8, 4) is 17.2 Å². The minimum atomic E-state index is -0.713. The number of halogens is 1. The molecule has 2 heterocycles. The van der Waals surface area contributed by atoms with Crippen LogP contribution in [0.1, 0.15) is 45.8 Å². The van der Waals surface area contributed by atoms with Crippen LogP contribution in [0.25, 0.3) is 0 Å². The molecule has 0 fully saturated rings. The van der Waals surface area contributed by atoms with Crippen molar-refractivity contribution in [2.75, 3.05) is 0 Å². The molecular formula is C16H16ClNO5. The van der Waals surface area contributed by atoms with Gasteiger partial charge in [0, 0.05) is 29.0 Å². The molecule has 1 aromatic heterocycles. The van der Waals surface area contributed by atoms with Crippen molar-refractivity contribution in [1.29, 1.82) is 0 Å². The number of rotatable bonds is 2. The third kappa shape index (κ3) is 2.71. The smallest absolute Gasteiger partial charge is 0.163 e. The molecule has 0 saturated carbocycles. The lowest BCUT2D eigenvalue weighted by atomic mass is 9.95. The standard InChI is InChI=1S/C16H15NO5.ClH/c1-7-15(21)14-9(5-17-7)6-22-16(14)11-3-10(8(2)18)12(19)4-13(11)20;/h3-5,16,19-21H,6H2,1-2H3;1H. The summed E-state index contributed by atoms with van der Waals surface area (Å²) in [5.74, 6) is -0.805. The number of aryl methyl sites for hydroxylation is 1. The van der Waals surface area contributed by atoms with Gasteiger partial charge < -0.3 is 20.1 Å². The van der Waals surface area contributed by atoms with E-state index < -0.39 is 6.10 Å². The molecule has 3 rings (SSSR count). The van der Waals surface area contributed by atoms with Crippen molar-refractivity contribution >= 4 is 18.2 Å². The van der Waals surface area contributed by atoms with Gasteiger partial charge in [0.2, 0.25) is 0 Å². The fourth-order valence-corrected chi connectivity index (χ4v) is 2.65. The van der Waals surface area contributed by atoms with Crippen LogP contribution < -0.4 is 0 Å². The Bertz CT molecular complexity index is 791. The number of benzene rings is 1. The summed E-state index contributed by atoms with van der Waals surface area (Å²) in [6.07, 6.45) is 0.906. The molecule has 122 valence electrons. The van der Waals surface area contributed by atoms with E-state index in [9.17, 15) is 20.1 Å². The van der Waals surface area contributed by atoms with Gasteiger partial charge in [0.05, 0.1) is 17.9 Å². The summed E-state index contributed by atoms with van der Waals surface area (Å²) in [7, 11) is 0. The lowest BCUT2D eigenvalue weighted by Gasteiger charge is -2.16. The summed E-state index contributed by atoms with van der Waals surface area (Å²) in [4.78, 5) is 15.6.